The molecule has 0 atom stereocenters. The summed E-state index contributed by atoms with van der Waals surface area (Å²) in [5.74, 6) is 0.449. The summed E-state index contributed by atoms with van der Waals surface area (Å²) < 4.78 is 0.967. The van der Waals surface area contributed by atoms with Gasteiger partial charge in [0.25, 0.3) is 5.69 Å². The standard InChI is InChI=1S/C10H7BrN4O2S/c11-8-3-4-18-9(8)6-13-14-10-2-1-7(5-12-10)15(16)17/h1-6H,(H,12,14)/b13-6+. The molecule has 0 saturated heterocycles. The summed E-state index contributed by atoms with van der Waals surface area (Å²) in [4.78, 5) is 14.8. The van der Waals surface area contributed by atoms with E-state index in [-0.39, 0.29) is 5.69 Å². The van der Waals surface area contributed by atoms with E-state index >= 15 is 0 Å². The van der Waals surface area contributed by atoms with E-state index in [1.165, 1.54) is 18.3 Å². The Morgan fingerprint density at radius 1 is 1.50 bits per heavy atom. The van der Waals surface area contributed by atoms with Gasteiger partial charge < -0.3 is 0 Å². The van der Waals surface area contributed by atoms with E-state index in [2.05, 4.69) is 31.4 Å². The highest BCUT2D eigenvalue weighted by Crippen LogP contribution is 2.20. The summed E-state index contributed by atoms with van der Waals surface area (Å²) in [6.07, 6.45) is 2.83. The molecule has 8 heteroatoms. The van der Waals surface area contributed by atoms with Gasteiger partial charge in [-0.15, -0.1) is 11.3 Å². The largest absolute Gasteiger partial charge is 0.287 e. The van der Waals surface area contributed by atoms with E-state index in [1.54, 1.807) is 17.6 Å². The van der Waals surface area contributed by atoms with Crippen molar-refractivity contribution in [2.45, 2.75) is 0 Å². The van der Waals surface area contributed by atoms with Gasteiger partial charge in [-0.1, -0.05) is 0 Å². The molecule has 0 aliphatic heterocycles. The summed E-state index contributed by atoms with van der Waals surface area (Å²) in [5.41, 5.74) is 2.65. The highest BCUT2D eigenvalue weighted by atomic mass is 79.9. The molecule has 2 aromatic rings. The number of anilines is 1. The number of rotatable bonds is 4. The van der Waals surface area contributed by atoms with Crippen LogP contribution in [0.15, 0.2) is 39.4 Å². The Kier molecular flexibility index (Phi) is 4.00. The van der Waals surface area contributed by atoms with Gasteiger partial charge in [0.1, 0.15) is 12.0 Å². The number of hydrazone groups is 1. The molecule has 0 aliphatic rings. The first-order valence-corrected chi connectivity index (χ1v) is 6.46. The molecule has 0 aliphatic carbocycles. The first-order chi connectivity index (χ1) is 8.66. The Hall–Kier alpha value is -1.80. The molecule has 0 radical (unpaired) electrons. The number of nitrogens with zero attached hydrogens (tertiary/aromatic N) is 3. The quantitative estimate of drug-likeness (QED) is 0.531. The molecule has 0 bridgehead atoms. The lowest BCUT2D eigenvalue weighted by Gasteiger charge is -1.97. The molecule has 0 saturated carbocycles. The lowest BCUT2D eigenvalue weighted by molar-refractivity contribution is -0.385. The smallest absolute Gasteiger partial charge is 0.261 e. The first kappa shape index (κ1) is 12.7. The maximum Gasteiger partial charge on any atom is 0.287 e. The van der Waals surface area contributed by atoms with Crippen LogP contribution in [0.4, 0.5) is 11.5 Å². The second kappa shape index (κ2) is 5.69. The molecule has 2 aromatic heterocycles. The molecule has 1 N–H and O–H groups in total. The van der Waals surface area contributed by atoms with Crippen LogP contribution in [0.3, 0.4) is 0 Å². The monoisotopic (exact) mass is 326 g/mol. The number of nitro groups is 1. The van der Waals surface area contributed by atoms with Gasteiger partial charge in [-0.05, 0) is 33.4 Å². The van der Waals surface area contributed by atoms with Crippen molar-refractivity contribution in [2.75, 3.05) is 5.43 Å². The van der Waals surface area contributed by atoms with E-state index in [4.69, 9.17) is 0 Å². The van der Waals surface area contributed by atoms with Gasteiger partial charge in [-0.3, -0.25) is 15.5 Å². The molecule has 92 valence electrons. The number of halogens is 1. The molecule has 18 heavy (non-hydrogen) atoms. The molecule has 2 rings (SSSR count). The lowest BCUT2D eigenvalue weighted by atomic mass is 10.4. The zero-order valence-corrected chi connectivity index (χ0v) is 11.3. The van der Waals surface area contributed by atoms with E-state index in [0.29, 0.717) is 5.82 Å². The molecule has 0 fully saturated rings. The van der Waals surface area contributed by atoms with Crippen molar-refractivity contribution in [3.63, 3.8) is 0 Å². The van der Waals surface area contributed by atoms with Crippen molar-refractivity contribution < 1.29 is 4.92 Å². The van der Waals surface area contributed by atoms with Crippen LogP contribution >= 0.6 is 27.3 Å². The van der Waals surface area contributed by atoms with Crippen LogP contribution < -0.4 is 5.43 Å². The molecule has 6 nitrogen and oxygen atoms in total. The van der Waals surface area contributed by atoms with Crippen LogP contribution in [0.25, 0.3) is 0 Å². The van der Waals surface area contributed by atoms with Crippen molar-refractivity contribution in [1.82, 2.24) is 4.98 Å². The maximum atomic E-state index is 10.4. The third-order valence-electron chi connectivity index (χ3n) is 1.96. The second-order valence-corrected chi connectivity index (χ2v) is 4.96. The fourth-order valence-electron chi connectivity index (χ4n) is 1.11. The predicted octanol–water partition coefficient (Wildman–Crippen LogP) is 3.26. The molecule has 2 heterocycles. The Labute approximate surface area is 115 Å². The van der Waals surface area contributed by atoms with E-state index < -0.39 is 4.92 Å². The van der Waals surface area contributed by atoms with Crippen LogP contribution in [0.5, 0.6) is 0 Å². The van der Waals surface area contributed by atoms with Crippen molar-refractivity contribution >= 4 is 45.0 Å². The van der Waals surface area contributed by atoms with Crippen LogP contribution in [0.1, 0.15) is 4.88 Å². The van der Waals surface area contributed by atoms with Gasteiger partial charge in [-0.25, -0.2) is 4.98 Å². The third-order valence-corrected chi connectivity index (χ3v) is 3.77. The number of hydrogen-bond acceptors (Lipinski definition) is 6. The Balaban J connectivity index is 2.00. The van der Waals surface area contributed by atoms with Crippen LogP contribution in [0, 0.1) is 10.1 Å². The fraction of sp³-hybridized carbons (Fsp3) is 0. The van der Waals surface area contributed by atoms with Crippen molar-refractivity contribution in [3.05, 3.63) is 49.2 Å². The number of nitrogens with one attached hydrogen (secondary N) is 1. The van der Waals surface area contributed by atoms with Crippen molar-refractivity contribution in [3.8, 4) is 0 Å². The summed E-state index contributed by atoms with van der Waals surface area (Å²) in [6.45, 7) is 0. The normalized spacial score (nSPS) is 10.7. The second-order valence-electron chi connectivity index (χ2n) is 3.16. The SMILES string of the molecule is O=[N+]([O-])c1ccc(N/N=C/c2sccc2Br)nc1. The molecular weight excluding hydrogens is 320 g/mol. The summed E-state index contributed by atoms with van der Waals surface area (Å²) in [5, 5.41) is 16.4. The average Bonchev–Trinajstić information content (AvgIpc) is 2.76. The molecular formula is C10H7BrN4O2S. The Morgan fingerprint density at radius 2 is 2.33 bits per heavy atom. The van der Waals surface area contributed by atoms with E-state index in [1.807, 2.05) is 11.4 Å². The fourth-order valence-corrected chi connectivity index (χ4v) is 2.45. The van der Waals surface area contributed by atoms with Gasteiger partial charge in [0.2, 0.25) is 0 Å². The van der Waals surface area contributed by atoms with Crippen molar-refractivity contribution in [2.24, 2.45) is 5.10 Å². The minimum absolute atomic E-state index is 0.0504. The summed E-state index contributed by atoms with van der Waals surface area (Å²) in [6, 6.07) is 4.79. The van der Waals surface area contributed by atoms with Gasteiger partial charge in [0, 0.05) is 10.5 Å². The van der Waals surface area contributed by atoms with E-state index in [0.717, 1.165) is 9.35 Å². The average molecular weight is 327 g/mol. The van der Waals surface area contributed by atoms with Crippen LogP contribution in [0.2, 0.25) is 0 Å². The number of hydrogen-bond donors (Lipinski definition) is 1. The Morgan fingerprint density at radius 3 is 2.89 bits per heavy atom. The van der Waals surface area contributed by atoms with Crippen molar-refractivity contribution in [1.29, 1.82) is 0 Å². The zero-order valence-electron chi connectivity index (χ0n) is 8.91. The molecule has 0 aromatic carbocycles. The topological polar surface area (TPSA) is 80.4 Å². The van der Waals surface area contributed by atoms with Gasteiger partial charge in [0.15, 0.2) is 0 Å². The highest BCUT2D eigenvalue weighted by Gasteiger charge is 2.04. The first-order valence-electron chi connectivity index (χ1n) is 4.79. The lowest BCUT2D eigenvalue weighted by Crippen LogP contribution is -1.94. The number of pyridine rings is 1. The maximum absolute atomic E-state index is 10.4. The number of aromatic nitrogens is 1. The minimum atomic E-state index is -0.497. The van der Waals surface area contributed by atoms with Crippen LogP contribution in [-0.2, 0) is 0 Å². The van der Waals surface area contributed by atoms with Gasteiger partial charge >= 0.3 is 0 Å². The van der Waals surface area contributed by atoms with Gasteiger partial charge in [0.05, 0.1) is 16.0 Å². The molecule has 0 amide bonds. The summed E-state index contributed by atoms with van der Waals surface area (Å²) in [7, 11) is 0. The minimum Gasteiger partial charge on any atom is -0.261 e. The van der Waals surface area contributed by atoms with Crippen LogP contribution in [-0.4, -0.2) is 16.1 Å². The number of thiophene rings is 1. The van der Waals surface area contributed by atoms with E-state index in [9.17, 15) is 10.1 Å². The summed E-state index contributed by atoms with van der Waals surface area (Å²) >= 11 is 4.92. The molecule has 0 spiro atoms. The van der Waals surface area contributed by atoms with Gasteiger partial charge in [-0.2, -0.15) is 5.10 Å². The predicted molar refractivity (Wildman–Crippen MR) is 74.1 cm³/mol. The molecule has 0 unspecified atom stereocenters. The zero-order chi connectivity index (χ0) is 13.0. The third kappa shape index (κ3) is 3.11. The highest BCUT2D eigenvalue weighted by molar-refractivity contribution is 9.10. The Bertz CT molecular complexity index is 582.